The zero-order chi connectivity index (χ0) is 21.3. The molecule has 1 aromatic rings. The van der Waals surface area contributed by atoms with Gasteiger partial charge in [0, 0.05) is 57.9 Å². The number of benzene rings is 1. The number of nitrogens with zero attached hydrogens (tertiary/aromatic N) is 4. The Morgan fingerprint density at radius 3 is 2.45 bits per heavy atom. The first-order chi connectivity index (χ1) is 14.7. The summed E-state index contributed by atoms with van der Waals surface area (Å²) in [7, 11) is 3.43. The molecule has 2 fully saturated rings. The molecule has 1 unspecified atom stereocenters. The molecule has 0 aromatic heterocycles. The second-order valence-electron chi connectivity index (χ2n) is 8.18. The summed E-state index contributed by atoms with van der Waals surface area (Å²) in [6.45, 7) is 14.7. The van der Waals surface area contributed by atoms with Crippen molar-refractivity contribution in [3.05, 3.63) is 23.8 Å². The Labute approximate surface area is 205 Å². The van der Waals surface area contributed by atoms with Crippen LogP contribution in [0.4, 0.5) is 0 Å². The van der Waals surface area contributed by atoms with Gasteiger partial charge in [-0.1, -0.05) is 6.92 Å². The van der Waals surface area contributed by atoms with Gasteiger partial charge in [-0.2, -0.15) is 0 Å². The number of aliphatic imine (C=N–C) groups is 1. The molecule has 7 nitrogen and oxygen atoms in total. The summed E-state index contributed by atoms with van der Waals surface area (Å²) in [5.74, 6) is 3.57. The number of piperazine rings is 1. The van der Waals surface area contributed by atoms with Crippen LogP contribution >= 0.6 is 24.0 Å². The van der Waals surface area contributed by atoms with E-state index in [1.165, 1.54) is 25.1 Å². The molecule has 0 aliphatic carbocycles. The van der Waals surface area contributed by atoms with E-state index in [1.54, 1.807) is 14.2 Å². The minimum absolute atomic E-state index is 0. The van der Waals surface area contributed by atoms with Gasteiger partial charge < -0.3 is 24.6 Å². The standard InChI is InChI=1S/C23H39N5O2.HI/c1-5-24-23(25-16-19-9-10-26(6-2)17-19)28-13-11-27(12-14-28)18-20-15-21(29-3)7-8-22(20)30-4;/h7-8,15,19H,5-6,9-14,16-18H2,1-4H3,(H,24,25);1H. The van der Waals surface area contributed by atoms with Crippen molar-refractivity contribution in [1.29, 1.82) is 0 Å². The number of methoxy groups -OCH3 is 2. The number of nitrogens with one attached hydrogen (secondary N) is 1. The molecule has 0 spiro atoms. The van der Waals surface area contributed by atoms with Crippen molar-refractivity contribution in [1.82, 2.24) is 20.0 Å². The maximum absolute atomic E-state index is 5.55. The highest BCUT2D eigenvalue weighted by Gasteiger charge is 2.23. The lowest BCUT2D eigenvalue weighted by Gasteiger charge is -2.36. The number of likely N-dealkylation sites (tertiary alicyclic amines) is 1. The van der Waals surface area contributed by atoms with E-state index >= 15 is 0 Å². The summed E-state index contributed by atoms with van der Waals surface area (Å²) >= 11 is 0. The normalized spacial score (nSPS) is 20.5. The fourth-order valence-electron chi connectivity index (χ4n) is 4.35. The number of rotatable bonds is 8. The Morgan fingerprint density at radius 2 is 1.84 bits per heavy atom. The predicted molar refractivity (Wildman–Crippen MR) is 138 cm³/mol. The van der Waals surface area contributed by atoms with Crippen LogP contribution in [0.3, 0.4) is 0 Å². The van der Waals surface area contributed by atoms with Crippen LogP contribution in [0.1, 0.15) is 25.8 Å². The Hall–Kier alpha value is -1.26. The topological polar surface area (TPSA) is 52.6 Å². The number of guanidine groups is 1. The SMILES string of the molecule is CCNC(=NCC1CCN(CC)C1)N1CCN(Cc2cc(OC)ccc2OC)CC1.I. The van der Waals surface area contributed by atoms with E-state index < -0.39 is 0 Å². The Kier molecular flexibility index (Phi) is 11.2. The van der Waals surface area contributed by atoms with Gasteiger partial charge in [0.05, 0.1) is 14.2 Å². The van der Waals surface area contributed by atoms with Crippen LogP contribution in [0, 0.1) is 5.92 Å². The molecule has 3 rings (SSSR count). The van der Waals surface area contributed by atoms with Gasteiger partial charge in [0.2, 0.25) is 0 Å². The van der Waals surface area contributed by atoms with Crippen molar-refractivity contribution in [3.8, 4) is 11.5 Å². The third kappa shape index (κ3) is 7.39. The third-order valence-electron chi connectivity index (χ3n) is 6.20. The molecule has 1 N–H and O–H groups in total. The zero-order valence-electron chi connectivity index (χ0n) is 19.6. The average molecular weight is 546 g/mol. The van der Waals surface area contributed by atoms with Gasteiger partial charge in [-0.15, -0.1) is 24.0 Å². The summed E-state index contributed by atoms with van der Waals surface area (Å²) in [5, 5.41) is 3.51. The second-order valence-corrected chi connectivity index (χ2v) is 8.18. The van der Waals surface area contributed by atoms with Crippen molar-refractivity contribution in [2.75, 3.05) is 73.1 Å². The Balaban J connectivity index is 0.00000341. The molecule has 0 amide bonds. The van der Waals surface area contributed by atoms with E-state index in [1.807, 2.05) is 12.1 Å². The average Bonchev–Trinajstić information content (AvgIpc) is 3.25. The molecule has 2 aliphatic heterocycles. The molecule has 2 saturated heterocycles. The first-order valence-corrected chi connectivity index (χ1v) is 11.4. The van der Waals surface area contributed by atoms with Crippen LogP contribution in [0.25, 0.3) is 0 Å². The summed E-state index contributed by atoms with van der Waals surface area (Å²) in [4.78, 5) is 12.4. The molecule has 1 aromatic carbocycles. The number of ether oxygens (including phenoxy) is 2. The number of hydrogen-bond donors (Lipinski definition) is 1. The maximum atomic E-state index is 5.55. The minimum atomic E-state index is 0. The fourth-order valence-corrected chi connectivity index (χ4v) is 4.35. The van der Waals surface area contributed by atoms with Gasteiger partial charge in [0.1, 0.15) is 11.5 Å². The van der Waals surface area contributed by atoms with E-state index in [2.05, 4.69) is 39.9 Å². The summed E-state index contributed by atoms with van der Waals surface area (Å²) in [6.07, 6.45) is 1.27. The lowest BCUT2D eigenvalue weighted by atomic mass is 10.1. The Morgan fingerprint density at radius 1 is 1.06 bits per heavy atom. The van der Waals surface area contributed by atoms with Gasteiger partial charge in [0.15, 0.2) is 5.96 Å². The zero-order valence-corrected chi connectivity index (χ0v) is 21.9. The van der Waals surface area contributed by atoms with Crippen molar-refractivity contribution in [2.45, 2.75) is 26.8 Å². The van der Waals surface area contributed by atoms with E-state index in [0.29, 0.717) is 5.92 Å². The molecule has 2 heterocycles. The quantitative estimate of drug-likeness (QED) is 0.308. The highest BCUT2D eigenvalue weighted by atomic mass is 127. The van der Waals surface area contributed by atoms with E-state index in [-0.39, 0.29) is 24.0 Å². The van der Waals surface area contributed by atoms with Crippen LogP contribution in [0.5, 0.6) is 11.5 Å². The van der Waals surface area contributed by atoms with Crippen molar-refractivity contribution >= 4 is 29.9 Å². The second kappa shape index (κ2) is 13.3. The molecular formula is C23H40IN5O2. The van der Waals surface area contributed by atoms with Crippen LogP contribution < -0.4 is 14.8 Å². The lowest BCUT2D eigenvalue weighted by molar-refractivity contribution is 0.171. The third-order valence-corrected chi connectivity index (χ3v) is 6.20. The van der Waals surface area contributed by atoms with Gasteiger partial charge in [-0.05, 0) is 50.6 Å². The van der Waals surface area contributed by atoms with Gasteiger partial charge in [-0.3, -0.25) is 9.89 Å². The molecule has 0 saturated carbocycles. The monoisotopic (exact) mass is 545 g/mol. The molecule has 1 atom stereocenters. The van der Waals surface area contributed by atoms with Crippen LogP contribution in [0.2, 0.25) is 0 Å². The van der Waals surface area contributed by atoms with Gasteiger partial charge in [0.25, 0.3) is 0 Å². The maximum Gasteiger partial charge on any atom is 0.194 e. The summed E-state index contributed by atoms with van der Waals surface area (Å²) in [6, 6.07) is 6.02. The summed E-state index contributed by atoms with van der Waals surface area (Å²) in [5.41, 5.74) is 1.17. The molecule has 8 heteroatoms. The molecule has 31 heavy (non-hydrogen) atoms. The van der Waals surface area contributed by atoms with Crippen LogP contribution in [0.15, 0.2) is 23.2 Å². The van der Waals surface area contributed by atoms with Crippen molar-refractivity contribution in [3.63, 3.8) is 0 Å². The number of halogens is 1. The Bertz CT molecular complexity index is 695. The predicted octanol–water partition coefficient (Wildman–Crippen LogP) is 2.75. The first kappa shape index (κ1) is 26.0. The number of hydrogen-bond acceptors (Lipinski definition) is 5. The van der Waals surface area contributed by atoms with Crippen LogP contribution in [-0.4, -0.2) is 93.8 Å². The molecule has 0 radical (unpaired) electrons. The van der Waals surface area contributed by atoms with Crippen LogP contribution in [-0.2, 0) is 6.54 Å². The smallest absolute Gasteiger partial charge is 0.194 e. The lowest BCUT2D eigenvalue weighted by Crippen LogP contribution is -2.52. The van der Waals surface area contributed by atoms with E-state index in [0.717, 1.165) is 69.8 Å². The van der Waals surface area contributed by atoms with Crippen molar-refractivity contribution in [2.24, 2.45) is 10.9 Å². The highest BCUT2D eigenvalue weighted by molar-refractivity contribution is 14.0. The highest BCUT2D eigenvalue weighted by Crippen LogP contribution is 2.25. The van der Waals surface area contributed by atoms with Gasteiger partial charge in [-0.25, -0.2) is 0 Å². The first-order valence-electron chi connectivity index (χ1n) is 11.4. The fraction of sp³-hybridized carbons (Fsp3) is 0.696. The van der Waals surface area contributed by atoms with Gasteiger partial charge >= 0.3 is 0 Å². The minimum Gasteiger partial charge on any atom is -0.497 e. The largest absolute Gasteiger partial charge is 0.497 e. The molecule has 176 valence electrons. The summed E-state index contributed by atoms with van der Waals surface area (Å²) < 4.78 is 10.9. The molecular weight excluding hydrogens is 505 g/mol. The molecule has 0 bridgehead atoms. The van der Waals surface area contributed by atoms with E-state index in [9.17, 15) is 0 Å². The molecule has 2 aliphatic rings. The van der Waals surface area contributed by atoms with E-state index in [4.69, 9.17) is 14.5 Å². The van der Waals surface area contributed by atoms with Crippen molar-refractivity contribution < 1.29 is 9.47 Å².